The van der Waals surface area contributed by atoms with Crippen LogP contribution < -0.4 is 0 Å². The van der Waals surface area contributed by atoms with Crippen molar-refractivity contribution in [2.45, 2.75) is 13.2 Å². The Bertz CT molecular complexity index is 1020. The fourth-order valence-electron chi connectivity index (χ4n) is 3.16. The lowest BCUT2D eigenvalue weighted by Gasteiger charge is -2.29. The summed E-state index contributed by atoms with van der Waals surface area (Å²) in [6, 6.07) is 24.9. The van der Waals surface area contributed by atoms with Crippen molar-refractivity contribution in [2.75, 3.05) is 0 Å². The molecule has 0 fully saturated rings. The van der Waals surface area contributed by atoms with Crippen molar-refractivity contribution < 1.29 is 19.1 Å². The summed E-state index contributed by atoms with van der Waals surface area (Å²) >= 11 is 0. The maximum absolute atomic E-state index is 12.9. The molecule has 4 rings (SSSR count). The van der Waals surface area contributed by atoms with Crippen LogP contribution in [0.15, 0.2) is 84.9 Å². The van der Waals surface area contributed by atoms with E-state index in [0.29, 0.717) is 0 Å². The second-order valence-corrected chi connectivity index (χ2v) is 6.55. The Morgan fingerprint density at radius 2 is 1.21 bits per heavy atom. The van der Waals surface area contributed by atoms with Gasteiger partial charge >= 0.3 is 6.09 Å². The highest BCUT2D eigenvalue weighted by Crippen LogP contribution is 2.26. The summed E-state index contributed by atoms with van der Waals surface area (Å²) in [5.74, 6) is -1.09. The Hall–Kier alpha value is -3.93. The van der Waals surface area contributed by atoms with Gasteiger partial charge in [0.15, 0.2) is 0 Å². The normalized spacial score (nSPS) is 12.6. The molecule has 3 aromatic carbocycles. The molecular weight excluding hydrogens is 368 g/mol. The molecule has 6 nitrogen and oxygen atoms in total. The van der Waals surface area contributed by atoms with Crippen molar-refractivity contribution in [3.8, 4) is 0 Å². The number of ether oxygens (including phenoxy) is 1. The van der Waals surface area contributed by atoms with Crippen LogP contribution in [0.25, 0.3) is 0 Å². The number of carbonyl (C=O) groups excluding carboxylic acids is 3. The number of nitrogens with zero attached hydrogens (tertiary/aromatic N) is 2. The van der Waals surface area contributed by atoms with Crippen LogP contribution in [0.1, 0.15) is 31.8 Å². The molecule has 3 amide bonds. The van der Waals surface area contributed by atoms with E-state index in [-0.39, 0.29) is 24.3 Å². The van der Waals surface area contributed by atoms with Crippen molar-refractivity contribution in [1.82, 2.24) is 10.0 Å². The number of hydrogen-bond acceptors (Lipinski definition) is 4. The van der Waals surface area contributed by atoms with Gasteiger partial charge in [-0.05, 0) is 23.3 Å². The predicted octanol–water partition coefficient (Wildman–Crippen LogP) is 4.04. The fourth-order valence-corrected chi connectivity index (χ4v) is 3.16. The number of imide groups is 1. The Labute approximate surface area is 167 Å². The van der Waals surface area contributed by atoms with Crippen LogP contribution in [-0.2, 0) is 17.9 Å². The second kappa shape index (κ2) is 7.98. The summed E-state index contributed by atoms with van der Waals surface area (Å²) < 4.78 is 5.41. The largest absolute Gasteiger partial charge is 0.443 e. The van der Waals surface area contributed by atoms with E-state index in [4.69, 9.17) is 4.74 Å². The average molecular weight is 386 g/mol. The van der Waals surface area contributed by atoms with Gasteiger partial charge in [0.1, 0.15) is 6.61 Å². The minimum atomic E-state index is -0.771. The molecule has 1 heterocycles. The summed E-state index contributed by atoms with van der Waals surface area (Å²) in [6.07, 6.45) is -0.771. The van der Waals surface area contributed by atoms with Gasteiger partial charge in [0.25, 0.3) is 11.8 Å². The number of hydrazine groups is 1. The van der Waals surface area contributed by atoms with Crippen LogP contribution in [0.2, 0.25) is 0 Å². The van der Waals surface area contributed by atoms with E-state index in [1.165, 1.54) is 0 Å². The minimum absolute atomic E-state index is 0.0277. The third-order valence-electron chi connectivity index (χ3n) is 4.61. The van der Waals surface area contributed by atoms with E-state index in [0.717, 1.165) is 21.1 Å². The van der Waals surface area contributed by atoms with Crippen molar-refractivity contribution >= 4 is 17.9 Å². The third-order valence-corrected chi connectivity index (χ3v) is 4.61. The molecule has 6 heteroatoms. The molecule has 3 aromatic rings. The summed E-state index contributed by atoms with van der Waals surface area (Å²) in [6.45, 7) is 0.0636. The molecule has 1 aliphatic heterocycles. The quantitative estimate of drug-likeness (QED) is 0.621. The number of fused-ring (bicyclic) bond motifs is 1. The first-order chi connectivity index (χ1) is 14.1. The van der Waals surface area contributed by atoms with Crippen LogP contribution >= 0.6 is 0 Å². The van der Waals surface area contributed by atoms with Gasteiger partial charge in [-0.1, -0.05) is 72.8 Å². The lowest BCUT2D eigenvalue weighted by Crippen LogP contribution is -2.49. The molecule has 0 bridgehead atoms. The highest BCUT2D eigenvalue weighted by atomic mass is 16.6. The van der Waals surface area contributed by atoms with Gasteiger partial charge in [-0.25, -0.2) is 9.80 Å². The molecule has 1 aliphatic rings. The highest BCUT2D eigenvalue weighted by Gasteiger charge is 2.41. The van der Waals surface area contributed by atoms with E-state index in [1.54, 1.807) is 24.3 Å². The zero-order valence-electron chi connectivity index (χ0n) is 15.5. The molecule has 0 atom stereocenters. The van der Waals surface area contributed by atoms with E-state index < -0.39 is 17.9 Å². The standard InChI is InChI=1S/C23H18N2O4/c26-21-19-13-7-8-14-20(19)22(27)25(21)24(15-17-9-3-1-4-10-17)23(28)29-16-18-11-5-2-6-12-18/h1-14H,15-16H2. The molecule has 0 aromatic heterocycles. The first-order valence-electron chi connectivity index (χ1n) is 9.15. The molecule has 0 radical (unpaired) electrons. The van der Waals surface area contributed by atoms with Crippen molar-refractivity contribution in [3.63, 3.8) is 0 Å². The minimum Gasteiger partial charge on any atom is -0.443 e. The monoisotopic (exact) mass is 386 g/mol. The molecule has 0 N–H and O–H groups in total. The first-order valence-corrected chi connectivity index (χ1v) is 9.15. The Balaban J connectivity index is 1.61. The van der Waals surface area contributed by atoms with E-state index in [2.05, 4.69) is 0 Å². The summed E-state index contributed by atoms with van der Waals surface area (Å²) in [4.78, 5) is 38.7. The molecule has 0 aliphatic carbocycles. The first kappa shape index (κ1) is 18.4. The van der Waals surface area contributed by atoms with Crippen LogP contribution in [0.5, 0.6) is 0 Å². The molecule has 0 spiro atoms. The SMILES string of the molecule is O=C(OCc1ccccc1)N(Cc1ccccc1)N1C(=O)c2ccccc2C1=O. The third kappa shape index (κ3) is 3.73. The topological polar surface area (TPSA) is 66.9 Å². The number of hydrogen-bond donors (Lipinski definition) is 0. The number of amides is 3. The van der Waals surface area contributed by atoms with E-state index in [9.17, 15) is 14.4 Å². The molecular formula is C23H18N2O4. The van der Waals surface area contributed by atoms with Gasteiger partial charge in [-0.3, -0.25) is 9.59 Å². The van der Waals surface area contributed by atoms with Crippen LogP contribution in [0.3, 0.4) is 0 Å². The van der Waals surface area contributed by atoms with Crippen molar-refractivity contribution in [2.24, 2.45) is 0 Å². The lowest BCUT2D eigenvalue weighted by molar-refractivity contribution is -0.00779. The maximum Gasteiger partial charge on any atom is 0.429 e. The van der Waals surface area contributed by atoms with Gasteiger partial charge in [0.05, 0.1) is 17.7 Å². The van der Waals surface area contributed by atoms with Crippen LogP contribution in [0, 0.1) is 0 Å². The lowest BCUT2D eigenvalue weighted by atomic mass is 10.1. The molecule has 0 saturated carbocycles. The molecule has 144 valence electrons. The second-order valence-electron chi connectivity index (χ2n) is 6.55. The fraction of sp³-hybridized carbons (Fsp3) is 0.0870. The van der Waals surface area contributed by atoms with Crippen molar-refractivity contribution in [1.29, 1.82) is 0 Å². The highest BCUT2D eigenvalue weighted by molar-refractivity contribution is 6.21. The zero-order chi connectivity index (χ0) is 20.2. The molecule has 0 saturated heterocycles. The van der Waals surface area contributed by atoms with Gasteiger partial charge in [-0.2, -0.15) is 5.01 Å². The Morgan fingerprint density at radius 1 is 0.724 bits per heavy atom. The van der Waals surface area contributed by atoms with Gasteiger partial charge in [0.2, 0.25) is 0 Å². The van der Waals surface area contributed by atoms with Gasteiger partial charge in [-0.15, -0.1) is 0 Å². The Kier molecular flexibility index (Phi) is 5.07. The predicted molar refractivity (Wildman–Crippen MR) is 106 cm³/mol. The zero-order valence-corrected chi connectivity index (χ0v) is 15.5. The molecule has 0 unspecified atom stereocenters. The van der Waals surface area contributed by atoms with Crippen molar-refractivity contribution in [3.05, 3.63) is 107 Å². The summed E-state index contributed by atoms with van der Waals surface area (Å²) in [5, 5.41) is 1.92. The average Bonchev–Trinajstić information content (AvgIpc) is 3.02. The number of rotatable bonds is 5. The van der Waals surface area contributed by atoms with E-state index in [1.807, 2.05) is 60.7 Å². The van der Waals surface area contributed by atoms with Gasteiger partial charge in [0, 0.05) is 0 Å². The molecule has 29 heavy (non-hydrogen) atoms. The summed E-state index contributed by atoms with van der Waals surface area (Å²) in [7, 11) is 0. The number of carbonyl (C=O) groups is 3. The summed E-state index contributed by atoms with van der Waals surface area (Å²) in [5.41, 5.74) is 2.11. The van der Waals surface area contributed by atoms with Gasteiger partial charge < -0.3 is 4.74 Å². The van der Waals surface area contributed by atoms with Crippen LogP contribution in [-0.4, -0.2) is 27.9 Å². The number of benzene rings is 3. The van der Waals surface area contributed by atoms with Crippen LogP contribution in [0.4, 0.5) is 4.79 Å². The maximum atomic E-state index is 12.9. The smallest absolute Gasteiger partial charge is 0.429 e. The van der Waals surface area contributed by atoms with E-state index >= 15 is 0 Å². The Morgan fingerprint density at radius 3 is 1.76 bits per heavy atom.